The van der Waals surface area contributed by atoms with Crippen LogP contribution in [0.1, 0.15) is 18.1 Å². The Bertz CT molecular complexity index is 807. The van der Waals surface area contributed by atoms with Gasteiger partial charge in [0.25, 0.3) is 5.91 Å². The van der Waals surface area contributed by atoms with Crippen molar-refractivity contribution in [1.29, 1.82) is 0 Å². The summed E-state index contributed by atoms with van der Waals surface area (Å²) in [5.41, 5.74) is 2.57. The lowest BCUT2D eigenvalue weighted by Crippen LogP contribution is -2.29. The molecule has 0 fully saturated rings. The number of hydrogen-bond acceptors (Lipinski definition) is 4. The molecule has 0 spiro atoms. The Morgan fingerprint density at radius 2 is 1.78 bits per heavy atom. The van der Waals surface area contributed by atoms with Crippen molar-refractivity contribution in [2.45, 2.75) is 20.0 Å². The second-order valence-corrected chi connectivity index (χ2v) is 5.94. The van der Waals surface area contributed by atoms with Crippen molar-refractivity contribution in [1.82, 2.24) is 0 Å². The minimum absolute atomic E-state index is 0.385. The fraction of sp³-hybridized carbons (Fsp3) is 0.182. The van der Waals surface area contributed by atoms with Gasteiger partial charge in [0.1, 0.15) is 12.4 Å². The molecule has 0 aliphatic heterocycles. The Morgan fingerprint density at radius 3 is 2.41 bits per heavy atom. The molecule has 2 rings (SSSR count). The molecule has 0 heterocycles. The second kappa shape index (κ2) is 9.97. The maximum Gasteiger partial charge on any atom is 0.331 e. The number of amides is 1. The summed E-state index contributed by atoms with van der Waals surface area (Å²) in [5.74, 6) is -0.256. The van der Waals surface area contributed by atoms with E-state index in [4.69, 9.17) is 9.47 Å². The number of carbonyl (C=O) groups is 2. The van der Waals surface area contributed by atoms with Crippen molar-refractivity contribution in [3.63, 3.8) is 0 Å². The van der Waals surface area contributed by atoms with Crippen LogP contribution in [0.4, 0.5) is 5.69 Å². The zero-order valence-corrected chi connectivity index (χ0v) is 15.5. The van der Waals surface area contributed by atoms with E-state index in [0.717, 1.165) is 16.9 Å². The van der Waals surface area contributed by atoms with Crippen LogP contribution in [0.5, 0.6) is 5.75 Å². The molecule has 1 atom stereocenters. The van der Waals surface area contributed by atoms with Gasteiger partial charge in [0.15, 0.2) is 6.10 Å². The number of hydrogen-bond donors (Lipinski definition) is 1. The summed E-state index contributed by atoms with van der Waals surface area (Å²) in [6.45, 7) is 7.51. The van der Waals surface area contributed by atoms with E-state index < -0.39 is 12.1 Å². The van der Waals surface area contributed by atoms with Gasteiger partial charge < -0.3 is 14.8 Å². The Morgan fingerprint density at radius 1 is 1.11 bits per heavy atom. The van der Waals surface area contributed by atoms with Crippen LogP contribution in [-0.2, 0) is 14.3 Å². The van der Waals surface area contributed by atoms with Crippen molar-refractivity contribution >= 4 is 23.6 Å². The number of esters is 1. The fourth-order valence-electron chi connectivity index (χ4n) is 2.14. The molecule has 2 aromatic rings. The predicted octanol–water partition coefficient (Wildman–Crippen LogP) is 4.14. The molecule has 2 aromatic carbocycles. The summed E-state index contributed by atoms with van der Waals surface area (Å²) >= 11 is 0. The smallest absolute Gasteiger partial charge is 0.331 e. The molecule has 0 bridgehead atoms. The number of nitrogens with one attached hydrogen (secondary N) is 1. The van der Waals surface area contributed by atoms with Crippen LogP contribution in [0.15, 0.2) is 67.3 Å². The van der Waals surface area contributed by atoms with Gasteiger partial charge in [-0.15, -0.1) is 0 Å². The van der Waals surface area contributed by atoms with E-state index in [2.05, 4.69) is 11.9 Å². The monoisotopic (exact) mass is 365 g/mol. The SMILES string of the molecule is C=CCOc1ccc(/C=C/C(=O)OC(C)C(=O)Nc2ccc(C)cc2)cc1. The first kappa shape index (κ1) is 20.0. The van der Waals surface area contributed by atoms with Gasteiger partial charge in [0, 0.05) is 11.8 Å². The lowest BCUT2D eigenvalue weighted by molar-refractivity contribution is -0.148. The average Bonchev–Trinajstić information content (AvgIpc) is 2.67. The van der Waals surface area contributed by atoms with E-state index in [-0.39, 0.29) is 5.91 Å². The third-order valence-corrected chi connectivity index (χ3v) is 3.64. The van der Waals surface area contributed by atoms with Crippen molar-refractivity contribution in [3.8, 4) is 5.75 Å². The van der Waals surface area contributed by atoms with Crippen molar-refractivity contribution in [3.05, 3.63) is 78.4 Å². The summed E-state index contributed by atoms with van der Waals surface area (Å²) in [6, 6.07) is 14.6. The van der Waals surface area contributed by atoms with Crippen LogP contribution in [0.3, 0.4) is 0 Å². The minimum Gasteiger partial charge on any atom is -0.490 e. The molecular formula is C22H23NO4. The minimum atomic E-state index is -0.905. The molecule has 1 N–H and O–H groups in total. The fourth-order valence-corrected chi connectivity index (χ4v) is 2.14. The quantitative estimate of drug-likeness (QED) is 0.434. The van der Waals surface area contributed by atoms with E-state index in [1.807, 2.05) is 31.2 Å². The first-order valence-corrected chi connectivity index (χ1v) is 8.58. The molecule has 0 saturated heterocycles. The highest BCUT2D eigenvalue weighted by Crippen LogP contribution is 2.13. The first-order chi connectivity index (χ1) is 13.0. The Kier molecular flexibility index (Phi) is 7.37. The summed E-state index contributed by atoms with van der Waals surface area (Å²) in [7, 11) is 0. The molecule has 1 unspecified atom stereocenters. The van der Waals surface area contributed by atoms with Crippen molar-refractivity contribution in [2.24, 2.45) is 0 Å². The summed E-state index contributed by atoms with van der Waals surface area (Å²) in [4.78, 5) is 24.0. The van der Waals surface area contributed by atoms with E-state index >= 15 is 0 Å². The standard InChI is InChI=1S/C22H23NO4/c1-4-15-26-20-12-7-18(8-13-20)9-14-21(24)27-17(3)22(25)23-19-10-5-16(2)6-11-19/h4-14,17H,1,15H2,2-3H3,(H,23,25)/b14-9+. The number of carbonyl (C=O) groups excluding carboxylic acids is 2. The molecule has 0 aromatic heterocycles. The molecule has 5 heteroatoms. The highest BCUT2D eigenvalue weighted by molar-refractivity contribution is 5.96. The topological polar surface area (TPSA) is 64.6 Å². The van der Waals surface area contributed by atoms with Crippen LogP contribution >= 0.6 is 0 Å². The predicted molar refractivity (Wildman–Crippen MR) is 107 cm³/mol. The van der Waals surface area contributed by atoms with Crippen LogP contribution < -0.4 is 10.1 Å². The Labute approximate surface area is 159 Å². The van der Waals surface area contributed by atoms with Gasteiger partial charge in [-0.05, 0) is 49.8 Å². The number of ether oxygens (including phenoxy) is 2. The Hall–Kier alpha value is -3.34. The van der Waals surface area contributed by atoms with E-state index in [1.54, 1.807) is 36.4 Å². The molecule has 0 aliphatic carbocycles. The van der Waals surface area contributed by atoms with E-state index in [1.165, 1.54) is 13.0 Å². The zero-order valence-electron chi connectivity index (χ0n) is 15.5. The molecule has 0 saturated carbocycles. The molecule has 5 nitrogen and oxygen atoms in total. The molecule has 27 heavy (non-hydrogen) atoms. The molecule has 0 radical (unpaired) electrons. The number of rotatable bonds is 8. The summed E-state index contributed by atoms with van der Waals surface area (Å²) < 4.78 is 10.5. The summed E-state index contributed by atoms with van der Waals surface area (Å²) in [6.07, 6.45) is 3.66. The average molecular weight is 365 g/mol. The second-order valence-electron chi connectivity index (χ2n) is 5.94. The largest absolute Gasteiger partial charge is 0.490 e. The first-order valence-electron chi connectivity index (χ1n) is 8.58. The number of aryl methyl sites for hydroxylation is 1. The molecule has 140 valence electrons. The molecule has 1 amide bonds. The third kappa shape index (κ3) is 6.82. The summed E-state index contributed by atoms with van der Waals surface area (Å²) in [5, 5.41) is 2.71. The van der Waals surface area contributed by atoms with Gasteiger partial charge >= 0.3 is 5.97 Å². The lowest BCUT2D eigenvalue weighted by atomic mass is 10.2. The van der Waals surface area contributed by atoms with Crippen molar-refractivity contribution < 1.29 is 19.1 Å². The van der Waals surface area contributed by atoms with Gasteiger partial charge in [-0.25, -0.2) is 4.79 Å². The lowest BCUT2D eigenvalue weighted by Gasteiger charge is -2.12. The van der Waals surface area contributed by atoms with Gasteiger partial charge in [-0.3, -0.25) is 4.79 Å². The van der Waals surface area contributed by atoms with Gasteiger partial charge in [0.2, 0.25) is 0 Å². The molecule has 0 aliphatic rings. The number of anilines is 1. The van der Waals surface area contributed by atoms with Crippen LogP contribution in [0.25, 0.3) is 6.08 Å². The number of benzene rings is 2. The van der Waals surface area contributed by atoms with Gasteiger partial charge in [-0.2, -0.15) is 0 Å². The van der Waals surface area contributed by atoms with Crippen LogP contribution in [0.2, 0.25) is 0 Å². The van der Waals surface area contributed by atoms with Gasteiger partial charge in [-0.1, -0.05) is 42.5 Å². The van der Waals surface area contributed by atoms with Crippen molar-refractivity contribution in [2.75, 3.05) is 11.9 Å². The van der Waals surface area contributed by atoms with E-state index in [0.29, 0.717) is 12.3 Å². The van der Waals surface area contributed by atoms with Gasteiger partial charge in [0.05, 0.1) is 0 Å². The molecular weight excluding hydrogens is 342 g/mol. The third-order valence-electron chi connectivity index (χ3n) is 3.64. The maximum absolute atomic E-state index is 12.1. The van der Waals surface area contributed by atoms with Crippen LogP contribution in [-0.4, -0.2) is 24.6 Å². The Balaban J connectivity index is 1.84. The zero-order chi connectivity index (χ0) is 19.6. The normalized spacial score (nSPS) is 11.6. The maximum atomic E-state index is 12.1. The van der Waals surface area contributed by atoms with E-state index in [9.17, 15) is 9.59 Å². The highest BCUT2D eigenvalue weighted by atomic mass is 16.5. The van der Waals surface area contributed by atoms with Crippen LogP contribution in [0, 0.1) is 6.92 Å². The highest BCUT2D eigenvalue weighted by Gasteiger charge is 2.16.